The summed E-state index contributed by atoms with van der Waals surface area (Å²) in [5.41, 5.74) is 8.46. The summed E-state index contributed by atoms with van der Waals surface area (Å²) in [5, 5.41) is 0. The van der Waals surface area contributed by atoms with Crippen LogP contribution in [0.15, 0.2) is 71.8 Å². The molecule has 0 saturated heterocycles. The molecule has 1 aliphatic carbocycles. The van der Waals surface area contributed by atoms with Crippen molar-refractivity contribution >= 4 is 0 Å². The van der Waals surface area contributed by atoms with Crippen LogP contribution in [-0.2, 0) is 0 Å². The van der Waals surface area contributed by atoms with Gasteiger partial charge in [0.15, 0.2) is 0 Å². The second-order valence-electron chi connectivity index (χ2n) is 7.04. The first kappa shape index (κ1) is 15.8. The van der Waals surface area contributed by atoms with Gasteiger partial charge in [0.1, 0.15) is 0 Å². The topological polar surface area (TPSA) is 0 Å². The highest BCUT2D eigenvalue weighted by molar-refractivity contribution is 5.48. The molecule has 2 aromatic rings. The maximum atomic E-state index is 2.43. The minimum atomic E-state index is 0.363. The molecule has 0 N–H and O–H groups in total. The van der Waals surface area contributed by atoms with Gasteiger partial charge in [-0.2, -0.15) is 0 Å². The van der Waals surface area contributed by atoms with Crippen LogP contribution >= 0.6 is 0 Å². The zero-order valence-corrected chi connectivity index (χ0v) is 14.6. The molecule has 1 aliphatic rings. The number of hydrogen-bond donors (Lipinski definition) is 0. The second kappa shape index (κ2) is 6.58. The molecule has 0 unspecified atom stereocenters. The number of allylic oxidation sites excluding steroid dienone is 4. The molecule has 0 heteroatoms. The molecule has 0 radical (unpaired) electrons. The molecule has 0 fully saturated rings. The Morgan fingerprint density at radius 2 is 1.39 bits per heavy atom. The lowest BCUT2D eigenvalue weighted by Gasteiger charge is -2.21. The molecular formula is C23H26. The maximum Gasteiger partial charge on any atom is 0.0305 e. The molecule has 0 spiro atoms. The SMILES string of the molecule is Cc1cccc(C(C2=CC(C(C)C)=CC2)c2cccc(C)c2)c1. The van der Waals surface area contributed by atoms with Gasteiger partial charge < -0.3 is 0 Å². The smallest absolute Gasteiger partial charge is 0.0305 e. The monoisotopic (exact) mass is 302 g/mol. The van der Waals surface area contributed by atoms with Crippen molar-refractivity contribution in [2.45, 2.75) is 40.0 Å². The number of benzene rings is 2. The third kappa shape index (κ3) is 3.47. The van der Waals surface area contributed by atoms with Gasteiger partial charge in [0.2, 0.25) is 0 Å². The molecule has 3 rings (SSSR count). The van der Waals surface area contributed by atoms with E-state index in [1.165, 1.54) is 33.4 Å². The highest BCUT2D eigenvalue weighted by Gasteiger charge is 2.22. The van der Waals surface area contributed by atoms with Crippen molar-refractivity contribution in [3.63, 3.8) is 0 Å². The summed E-state index contributed by atoms with van der Waals surface area (Å²) in [6.45, 7) is 8.91. The predicted molar refractivity (Wildman–Crippen MR) is 99.8 cm³/mol. The Balaban J connectivity index is 2.07. The first-order valence-electron chi connectivity index (χ1n) is 8.58. The summed E-state index contributed by atoms with van der Waals surface area (Å²) in [4.78, 5) is 0. The average Bonchev–Trinajstić information content (AvgIpc) is 2.97. The van der Waals surface area contributed by atoms with Crippen molar-refractivity contribution in [1.29, 1.82) is 0 Å². The van der Waals surface area contributed by atoms with Crippen molar-refractivity contribution in [2.75, 3.05) is 0 Å². The third-order valence-electron chi connectivity index (χ3n) is 4.71. The van der Waals surface area contributed by atoms with Crippen LogP contribution in [-0.4, -0.2) is 0 Å². The number of rotatable bonds is 4. The van der Waals surface area contributed by atoms with Gasteiger partial charge >= 0.3 is 0 Å². The molecule has 2 aromatic carbocycles. The van der Waals surface area contributed by atoms with Crippen molar-refractivity contribution in [2.24, 2.45) is 5.92 Å². The minimum Gasteiger partial charge on any atom is -0.0769 e. The van der Waals surface area contributed by atoms with Crippen molar-refractivity contribution < 1.29 is 0 Å². The van der Waals surface area contributed by atoms with Crippen molar-refractivity contribution in [1.82, 2.24) is 0 Å². The summed E-state index contributed by atoms with van der Waals surface area (Å²) in [6, 6.07) is 17.9. The van der Waals surface area contributed by atoms with E-state index in [1.54, 1.807) is 0 Å². The minimum absolute atomic E-state index is 0.363. The van der Waals surface area contributed by atoms with Gasteiger partial charge in [-0.25, -0.2) is 0 Å². The van der Waals surface area contributed by atoms with Crippen LogP contribution in [0.5, 0.6) is 0 Å². The molecule has 0 atom stereocenters. The van der Waals surface area contributed by atoms with Gasteiger partial charge in [0, 0.05) is 5.92 Å². The Bertz CT molecular complexity index is 714. The molecule has 0 aliphatic heterocycles. The van der Waals surface area contributed by atoms with E-state index in [-0.39, 0.29) is 0 Å². The van der Waals surface area contributed by atoms with Gasteiger partial charge in [0.25, 0.3) is 0 Å². The average molecular weight is 302 g/mol. The summed E-state index contributed by atoms with van der Waals surface area (Å²) < 4.78 is 0. The second-order valence-corrected chi connectivity index (χ2v) is 7.04. The first-order chi connectivity index (χ1) is 11.0. The van der Waals surface area contributed by atoms with E-state index in [9.17, 15) is 0 Å². The molecule has 0 heterocycles. The van der Waals surface area contributed by atoms with Crippen LogP contribution in [0.2, 0.25) is 0 Å². The number of hydrogen-bond acceptors (Lipinski definition) is 0. The normalized spacial score (nSPS) is 14.3. The Morgan fingerprint density at radius 1 is 0.826 bits per heavy atom. The maximum absolute atomic E-state index is 2.43. The van der Waals surface area contributed by atoms with E-state index in [2.05, 4.69) is 88.4 Å². The zero-order valence-electron chi connectivity index (χ0n) is 14.6. The van der Waals surface area contributed by atoms with E-state index in [0.717, 1.165) is 6.42 Å². The van der Waals surface area contributed by atoms with E-state index < -0.39 is 0 Å². The highest BCUT2D eigenvalue weighted by atomic mass is 14.3. The Morgan fingerprint density at radius 3 is 1.83 bits per heavy atom. The van der Waals surface area contributed by atoms with E-state index >= 15 is 0 Å². The van der Waals surface area contributed by atoms with E-state index in [0.29, 0.717) is 11.8 Å². The lowest BCUT2D eigenvalue weighted by atomic mass is 9.83. The van der Waals surface area contributed by atoms with Crippen LogP contribution in [0.4, 0.5) is 0 Å². The van der Waals surface area contributed by atoms with E-state index in [1.807, 2.05) is 0 Å². The molecule has 0 amide bonds. The fourth-order valence-electron chi connectivity index (χ4n) is 3.49. The number of aryl methyl sites for hydroxylation is 2. The molecule has 23 heavy (non-hydrogen) atoms. The van der Waals surface area contributed by atoms with Crippen LogP contribution in [0.3, 0.4) is 0 Å². The van der Waals surface area contributed by atoms with Gasteiger partial charge in [0.05, 0.1) is 0 Å². The van der Waals surface area contributed by atoms with Gasteiger partial charge in [-0.3, -0.25) is 0 Å². The largest absolute Gasteiger partial charge is 0.0769 e. The quantitative estimate of drug-likeness (QED) is 0.617. The summed E-state index contributed by atoms with van der Waals surface area (Å²) in [5.74, 6) is 0.963. The van der Waals surface area contributed by atoms with Crippen LogP contribution < -0.4 is 0 Å². The molecule has 0 saturated carbocycles. The Hall–Kier alpha value is -2.08. The summed E-state index contributed by atoms with van der Waals surface area (Å²) in [6.07, 6.45) is 5.90. The van der Waals surface area contributed by atoms with Crippen LogP contribution in [0.1, 0.15) is 48.4 Å². The summed E-state index contributed by atoms with van der Waals surface area (Å²) in [7, 11) is 0. The Labute approximate surface area is 140 Å². The fourth-order valence-corrected chi connectivity index (χ4v) is 3.49. The molecule has 0 aromatic heterocycles. The summed E-state index contributed by atoms with van der Waals surface area (Å²) >= 11 is 0. The van der Waals surface area contributed by atoms with Crippen LogP contribution in [0, 0.1) is 19.8 Å². The highest BCUT2D eigenvalue weighted by Crippen LogP contribution is 2.39. The van der Waals surface area contributed by atoms with Crippen molar-refractivity contribution in [3.8, 4) is 0 Å². The van der Waals surface area contributed by atoms with Gasteiger partial charge in [-0.1, -0.05) is 91.2 Å². The first-order valence-corrected chi connectivity index (χ1v) is 8.58. The predicted octanol–water partition coefficient (Wildman–Crippen LogP) is 6.35. The third-order valence-corrected chi connectivity index (χ3v) is 4.71. The molecular weight excluding hydrogens is 276 g/mol. The molecule has 0 bridgehead atoms. The standard InChI is InChI=1S/C23H26/c1-16(2)19-11-12-22(15-19)23(20-9-5-7-17(3)13-20)21-10-6-8-18(4)14-21/h5-11,13-16,23H,12H2,1-4H3. The van der Waals surface area contributed by atoms with Crippen molar-refractivity contribution in [3.05, 3.63) is 94.1 Å². The van der Waals surface area contributed by atoms with Gasteiger partial charge in [-0.15, -0.1) is 0 Å². The molecule has 118 valence electrons. The Kier molecular flexibility index (Phi) is 4.52. The lowest BCUT2D eigenvalue weighted by Crippen LogP contribution is -2.04. The fraction of sp³-hybridized carbons (Fsp3) is 0.304. The van der Waals surface area contributed by atoms with E-state index in [4.69, 9.17) is 0 Å². The molecule has 0 nitrogen and oxygen atoms in total. The van der Waals surface area contributed by atoms with Gasteiger partial charge in [-0.05, 0) is 42.9 Å². The van der Waals surface area contributed by atoms with Crippen LogP contribution in [0.25, 0.3) is 0 Å². The zero-order chi connectivity index (χ0) is 16.4. The lowest BCUT2D eigenvalue weighted by molar-refractivity contribution is 0.792.